The Morgan fingerprint density at radius 3 is 2.64 bits per heavy atom. The minimum atomic E-state index is -0.442. The second-order valence-corrected chi connectivity index (χ2v) is 3.36. The van der Waals surface area contributed by atoms with E-state index in [9.17, 15) is 9.59 Å². The molecule has 0 unspecified atom stereocenters. The highest BCUT2D eigenvalue weighted by Gasteiger charge is 2.24. The van der Waals surface area contributed by atoms with Crippen LogP contribution in [0.5, 0.6) is 0 Å². The molecule has 14 heavy (non-hydrogen) atoms. The maximum Gasteiger partial charge on any atom is 0.321 e. The van der Waals surface area contributed by atoms with Crippen LogP contribution in [0.4, 0.5) is 4.79 Å². The standard InChI is InChI=1S/C8H16N4O2/c1-2-10-8(14)11-7(13)5-12-3-6(9)4-12/h6H,2-5,9H2,1H3,(H2,10,11,13,14). The van der Waals surface area contributed by atoms with Crippen molar-refractivity contribution in [1.29, 1.82) is 0 Å². The fourth-order valence-corrected chi connectivity index (χ4v) is 1.31. The third-order valence-corrected chi connectivity index (χ3v) is 1.94. The first-order valence-electron chi connectivity index (χ1n) is 4.67. The summed E-state index contributed by atoms with van der Waals surface area (Å²) >= 11 is 0. The van der Waals surface area contributed by atoms with Crippen molar-refractivity contribution in [2.24, 2.45) is 5.73 Å². The number of amides is 3. The molecular formula is C8H16N4O2. The zero-order valence-electron chi connectivity index (χ0n) is 8.25. The Morgan fingerprint density at radius 1 is 1.50 bits per heavy atom. The van der Waals surface area contributed by atoms with E-state index in [1.54, 1.807) is 6.92 Å². The molecule has 0 aromatic heterocycles. The van der Waals surface area contributed by atoms with Gasteiger partial charge in [0.1, 0.15) is 0 Å². The molecule has 1 aliphatic heterocycles. The predicted octanol–water partition coefficient (Wildman–Crippen LogP) is -1.52. The molecule has 3 amide bonds. The van der Waals surface area contributed by atoms with E-state index >= 15 is 0 Å². The molecule has 1 aliphatic rings. The van der Waals surface area contributed by atoms with Crippen molar-refractivity contribution >= 4 is 11.9 Å². The van der Waals surface area contributed by atoms with Crippen LogP contribution in [0.1, 0.15) is 6.92 Å². The van der Waals surface area contributed by atoms with E-state index in [1.807, 2.05) is 4.90 Å². The first-order valence-corrected chi connectivity index (χ1v) is 4.67. The van der Waals surface area contributed by atoms with Crippen LogP contribution in [0.25, 0.3) is 0 Å². The zero-order chi connectivity index (χ0) is 10.6. The summed E-state index contributed by atoms with van der Waals surface area (Å²) in [4.78, 5) is 24.0. The monoisotopic (exact) mass is 200 g/mol. The number of nitrogens with one attached hydrogen (secondary N) is 2. The molecule has 1 heterocycles. The number of imide groups is 1. The molecule has 6 heteroatoms. The fraction of sp³-hybridized carbons (Fsp3) is 0.750. The molecule has 80 valence electrons. The molecule has 0 atom stereocenters. The topological polar surface area (TPSA) is 87.5 Å². The normalized spacial score (nSPS) is 17.3. The van der Waals surface area contributed by atoms with Gasteiger partial charge in [-0.3, -0.25) is 15.0 Å². The Balaban J connectivity index is 2.13. The molecule has 1 saturated heterocycles. The van der Waals surface area contributed by atoms with Crippen LogP contribution in [-0.2, 0) is 4.79 Å². The molecule has 0 aromatic rings. The van der Waals surface area contributed by atoms with E-state index in [2.05, 4.69) is 10.6 Å². The average molecular weight is 200 g/mol. The van der Waals surface area contributed by atoms with Crippen LogP contribution < -0.4 is 16.4 Å². The van der Waals surface area contributed by atoms with Crippen molar-refractivity contribution < 1.29 is 9.59 Å². The summed E-state index contributed by atoms with van der Waals surface area (Å²) in [7, 11) is 0. The number of likely N-dealkylation sites (tertiary alicyclic amines) is 1. The van der Waals surface area contributed by atoms with Crippen molar-refractivity contribution in [3.63, 3.8) is 0 Å². The van der Waals surface area contributed by atoms with Crippen LogP contribution >= 0.6 is 0 Å². The third kappa shape index (κ3) is 3.31. The Labute approximate surface area is 82.8 Å². The zero-order valence-corrected chi connectivity index (χ0v) is 8.25. The number of nitrogens with two attached hydrogens (primary N) is 1. The predicted molar refractivity (Wildman–Crippen MR) is 51.6 cm³/mol. The Bertz CT molecular complexity index is 225. The van der Waals surface area contributed by atoms with Gasteiger partial charge < -0.3 is 11.1 Å². The van der Waals surface area contributed by atoms with Gasteiger partial charge in [0.2, 0.25) is 5.91 Å². The van der Waals surface area contributed by atoms with Crippen LogP contribution in [0.3, 0.4) is 0 Å². The van der Waals surface area contributed by atoms with Gasteiger partial charge in [-0.05, 0) is 6.92 Å². The second-order valence-electron chi connectivity index (χ2n) is 3.36. The fourth-order valence-electron chi connectivity index (χ4n) is 1.31. The van der Waals surface area contributed by atoms with Gasteiger partial charge >= 0.3 is 6.03 Å². The highest BCUT2D eigenvalue weighted by atomic mass is 16.2. The Morgan fingerprint density at radius 2 is 2.14 bits per heavy atom. The highest BCUT2D eigenvalue weighted by Crippen LogP contribution is 2.02. The lowest BCUT2D eigenvalue weighted by Crippen LogP contribution is -2.58. The molecule has 1 fully saturated rings. The number of carbonyl (C=O) groups excluding carboxylic acids is 2. The van der Waals surface area contributed by atoms with E-state index in [1.165, 1.54) is 0 Å². The molecular weight excluding hydrogens is 184 g/mol. The van der Waals surface area contributed by atoms with Crippen molar-refractivity contribution in [3.05, 3.63) is 0 Å². The molecule has 4 N–H and O–H groups in total. The SMILES string of the molecule is CCNC(=O)NC(=O)CN1CC(N)C1. The van der Waals surface area contributed by atoms with Crippen molar-refractivity contribution in [2.75, 3.05) is 26.2 Å². The molecule has 0 spiro atoms. The number of nitrogens with zero attached hydrogens (tertiary/aromatic N) is 1. The van der Waals surface area contributed by atoms with E-state index in [4.69, 9.17) is 5.73 Å². The second kappa shape index (κ2) is 4.92. The van der Waals surface area contributed by atoms with Gasteiger partial charge in [0.25, 0.3) is 0 Å². The minimum Gasteiger partial charge on any atom is -0.338 e. The van der Waals surface area contributed by atoms with Gasteiger partial charge in [0, 0.05) is 25.7 Å². The summed E-state index contributed by atoms with van der Waals surface area (Å²) in [6, 6.07) is -0.269. The maximum absolute atomic E-state index is 11.2. The van der Waals surface area contributed by atoms with Gasteiger partial charge in [0.05, 0.1) is 6.54 Å². The third-order valence-electron chi connectivity index (χ3n) is 1.94. The van der Waals surface area contributed by atoms with E-state index < -0.39 is 6.03 Å². The lowest BCUT2D eigenvalue weighted by atomic mass is 10.1. The summed E-state index contributed by atoms with van der Waals surface area (Å²) < 4.78 is 0. The summed E-state index contributed by atoms with van der Waals surface area (Å²) in [6.07, 6.45) is 0. The lowest BCUT2D eigenvalue weighted by Gasteiger charge is -2.35. The first kappa shape index (κ1) is 10.9. The summed E-state index contributed by atoms with van der Waals surface area (Å²) in [5.74, 6) is -0.289. The number of urea groups is 1. The molecule has 0 aliphatic carbocycles. The van der Waals surface area contributed by atoms with Crippen LogP contribution in [-0.4, -0.2) is 49.1 Å². The average Bonchev–Trinajstić information content (AvgIpc) is 2.01. The molecule has 0 radical (unpaired) electrons. The maximum atomic E-state index is 11.2. The summed E-state index contributed by atoms with van der Waals surface area (Å²) in [5.41, 5.74) is 5.54. The van der Waals surface area contributed by atoms with Crippen LogP contribution in [0.2, 0.25) is 0 Å². The number of carbonyl (C=O) groups is 2. The van der Waals surface area contributed by atoms with E-state index in [-0.39, 0.29) is 18.5 Å². The van der Waals surface area contributed by atoms with Gasteiger partial charge in [-0.1, -0.05) is 0 Å². The molecule has 1 rings (SSSR count). The van der Waals surface area contributed by atoms with Gasteiger partial charge in [0.15, 0.2) is 0 Å². The minimum absolute atomic E-state index is 0.173. The number of hydrogen-bond donors (Lipinski definition) is 3. The van der Waals surface area contributed by atoms with Gasteiger partial charge in [-0.2, -0.15) is 0 Å². The van der Waals surface area contributed by atoms with E-state index in [0.717, 1.165) is 13.1 Å². The Kier molecular flexibility index (Phi) is 3.84. The summed E-state index contributed by atoms with van der Waals surface area (Å²) in [6.45, 7) is 3.99. The number of hydrogen-bond acceptors (Lipinski definition) is 4. The van der Waals surface area contributed by atoms with Crippen molar-refractivity contribution in [3.8, 4) is 0 Å². The smallest absolute Gasteiger partial charge is 0.321 e. The largest absolute Gasteiger partial charge is 0.338 e. The van der Waals surface area contributed by atoms with E-state index in [0.29, 0.717) is 6.54 Å². The van der Waals surface area contributed by atoms with Crippen LogP contribution in [0.15, 0.2) is 0 Å². The van der Waals surface area contributed by atoms with Crippen molar-refractivity contribution in [1.82, 2.24) is 15.5 Å². The van der Waals surface area contributed by atoms with Gasteiger partial charge in [-0.25, -0.2) is 4.79 Å². The molecule has 0 aromatic carbocycles. The number of rotatable bonds is 3. The lowest BCUT2D eigenvalue weighted by molar-refractivity contribution is -0.122. The van der Waals surface area contributed by atoms with Crippen LogP contribution in [0, 0.1) is 0 Å². The quantitative estimate of drug-likeness (QED) is 0.516. The molecule has 0 bridgehead atoms. The Hall–Kier alpha value is -1.14. The molecule has 0 saturated carbocycles. The first-order chi connectivity index (χ1) is 6.61. The molecule has 6 nitrogen and oxygen atoms in total. The van der Waals surface area contributed by atoms with Gasteiger partial charge in [-0.15, -0.1) is 0 Å². The summed E-state index contributed by atoms with van der Waals surface area (Å²) in [5, 5.41) is 4.70. The highest BCUT2D eigenvalue weighted by molar-refractivity contribution is 5.95. The van der Waals surface area contributed by atoms with Crippen molar-refractivity contribution in [2.45, 2.75) is 13.0 Å².